The minimum Gasteiger partial charge on any atom is -0.493 e. The number of carbonyl (C=O) groups is 1. The third-order valence-electron chi connectivity index (χ3n) is 4.58. The first-order chi connectivity index (χ1) is 14.2. The number of aromatic nitrogens is 3. The van der Waals surface area contributed by atoms with E-state index < -0.39 is 0 Å². The van der Waals surface area contributed by atoms with Gasteiger partial charge in [0.15, 0.2) is 5.82 Å². The molecule has 1 heterocycles. The zero-order valence-corrected chi connectivity index (χ0v) is 16.2. The summed E-state index contributed by atoms with van der Waals surface area (Å²) in [4.78, 5) is 16.5. The molecule has 3 aromatic carbocycles. The molecule has 0 fully saturated rings. The fourth-order valence-electron chi connectivity index (χ4n) is 3.13. The highest BCUT2D eigenvalue weighted by atomic mass is 16.5. The number of ether oxygens (including phenoxy) is 1. The van der Waals surface area contributed by atoms with E-state index in [9.17, 15) is 4.79 Å². The first-order valence-electron chi connectivity index (χ1n) is 9.59. The van der Waals surface area contributed by atoms with E-state index in [-0.39, 0.29) is 5.91 Å². The monoisotopic (exact) mass is 386 g/mol. The lowest BCUT2D eigenvalue weighted by atomic mass is 10.1. The van der Waals surface area contributed by atoms with Crippen molar-refractivity contribution in [3.8, 4) is 17.1 Å². The van der Waals surface area contributed by atoms with Crippen LogP contribution in [-0.4, -0.2) is 27.7 Å². The molecule has 0 aliphatic rings. The molecule has 0 aliphatic carbocycles. The van der Waals surface area contributed by atoms with Gasteiger partial charge in [-0.05, 0) is 49.1 Å². The Morgan fingerprint density at radius 3 is 2.62 bits per heavy atom. The summed E-state index contributed by atoms with van der Waals surface area (Å²) in [6, 6.07) is 21.6. The maximum absolute atomic E-state index is 12.2. The Kier molecular flexibility index (Phi) is 5.52. The minimum atomic E-state index is -0.0343. The van der Waals surface area contributed by atoms with E-state index in [1.165, 1.54) is 0 Å². The van der Waals surface area contributed by atoms with E-state index >= 15 is 0 Å². The van der Waals surface area contributed by atoms with Gasteiger partial charge >= 0.3 is 0 Å². The number of nitrogens with zero attached hydrogens (tertiary/aromatic N) is 2. The molecule has 6 heteroatoms. The van der Waals surface area contributed by atoms with Crippen molar-refractivity contribution in [2.24, 2.45) is 0 Å². The van der Waals surface area contributed by atoms with Gasteiger partial charge in [-0.3, -0.25) is 9.89 Å². The fourth-order valence-corrected chi connectivity index (χ4v) is 3.13. The Labute approximate surface area is 168 Å². The molecule has 146 valence electrons. The number of amides is 1. The number of aryl methyl sites for hydroxylation is 1. The van der Waals surface area contributed by atoms with E-state index in [1.54, 1.807) is 0 Å². The van der Waals surface area contributed by atoms with Gasteiger partial charge in [-0.25, -0.2) is 4.98 Å². The second-order valence-corrected chi connectivity index (χ2v) is 6.80. The average molecular weight is 386 g/mol. The molecule has 4 rings (SSSR count). The maximum Gasteiger partial charge on any atom is 0.224 e. The minimum absolute atomic E-state index is 0.0343. The van der Waals surface area contributed by atoms with Gasteiger partial charge in [0.1, 0.15) is 11.6 Å². The first-order valence-corrected chi connectivity index (χ1v) is 9.59. The van der Waals surface area contributed by atoms with Gasteiger partial charge < -0.3 is 10.1 Å². The van der Waals surface area contributed by atoms with Crippen LogP contribution in [0.5, 0.6) is 5.75 Å². The second kappa shape index (κ2) is 8.56. The Hall–Kier alpha value is -3.67. The predicted molar refractivity (Wildman–Crippen MR) is 114 cm³/mol. The van der Waals surface area contributed by atoms with E-state index in [0.29, 0.717) is 25.3 Å². The molecule has 4 aromatic rings. The van der Waals surface area contributed by atoms with Crippen LogP contribution in [0.25, 0.3) is 22.2 Å². The van der Waals surface area contributed by atoms with Crippen molar-refractivity contribution < 1.29 is 9.53 Å². The third-order valence-corrected chi connectivity index (χ3v) is 4.58. The Morgan fingerprint density at radius 2 is 1.83 bits per heavy atom. The summed E-state index contributed by atoms with van der Waals surface area (Å²) in [5.74, 6) is 2.23. The molecule has 0 unspecified atom stereocenters. The lowest BCUT2D eigenvalue weighted by Crippen LogP contribution is -2.12. The van der Waals surface area contributed by atoms with Crippen LogP contribution < -0.4 is 10.1 Å². The number of hydrogen-bond acceptors (Lipinski definition) is 4. The van der Waals surface area contributed by atoms with Crippen molar-refractivity contribution in [3.63, 3.8) is 0 Å². The highest BCUT2D eigenvalue weighted by molar-refractivity contribution is 5.91. The molecule has 0 aliphatic heterocycles. The number of anilines is 1. The predicted octanol–water partition coefficient (Wildman–Crippen LogP) is 4.73. The van der Waals surface area contributed by atoms with Crippen LogP contribution in [0.2, 0.25) is 0 Å². The van der Waals surface area contributed by atoms with Gasteiger partial charge in [0.25, 0.3) is 0 Å². The molecule has 1 aromatic heterocycles. The molecular weight excluding hydrogens is 364 g/mol. The van der Waals surface area contributed by atoms with E-state index in [0.717, 1.165) is 33.6 Å². The zero-order chi connectivity index (χ0) is 20.1. The van der Waals surface area contributed by atoms with Crippen molar-refractivity contribution in [1.29, 1.82) is 0 Å². The van der Waals surface area contributed by atoms with Gasteiger partial charge in [-0.1, -0.05) is 36.4 Å². The zero-order valence-electron chi connectivity index (χ0n) is 16.2. The molecule has 29 heavy (non-hydrogen) atoms. The van der Waals surface area contributed by atoms with Crippen LogP contribution in [0.15, 0.2) is 66.7 Å². The van der Waals surface area contributed by atoms with E-state index in [4.69, 9.17) is 4.74 Å². The SMILES string of the molecule is Cc1nc(-c2ccc(NC(=O)CCCOc3cccc4ccccc34)cc2)n[nH]1. The standard InChI is InChI=1S/C23H22N4O2/c1-16-24-23(27-26-16)18-11-13-19(14-12-18)25-22(28)10-5-15-29-21-9-4-7-17-6-2-3-8-20(17)21/h2-4,6-9,11-14H,5,10,15H2,1H3,(H,25,28)(H,24,26,27). The van der Waals surface area contributed by atoms with Crippen molar-refractivity contribution in [3.05, 3.63) is 72.6 Å². The number of fused-ring (bicyclic) bond motifs is 1. The summed E-state index contributed by atoms with van der Waals surface area (Å²) >= 11 is 0. The van der Waals surface area contributed by atoms with Crippen LogP contribution in [0.4, 0.5) is 5.69 Å². The summed E-state index contributed by atoms with van der Waals surface area (Å²) in [7, 11) is 0. The van der Waals surface area contributed by atoms with E-state index in [1.807, 2.05) is 61.5 Å². The molecule has 0 saturated heterocycles. The number of H-pyrrole nitrogens is 1. The summed E-state index contributed by atoms with van der Waals surface area (Å²) in [6.45, 7) is 2.35. The Balaban J connectivity index is 1.26. The molecule has 0 bridgehead atoms. The van der Waals surface area contributed by atoms with Crippen molar-refractivity contribution in [2.45, 2.75) is 19.8 Å². The molecule has 0 spiro atoms. The smallest absolute Gasteiger partial charge is 0.224 e. The number of benzene rings is 3. The number of nitrogens with one attached hydrogen (secondary N) is 2. The first kappa shape index (κ1) is 18.7. The maximum atomic E-state index is 12.2. The lowest BCUT2D eigenvalue weighted by molar-refractivity contribution is -0.116. The summed E-state index contributed by atoms with van der Waals surface area (Å²) in [5.41, 5.74) is 1.65. The molecule has 0 atom stereocenters. The van der Waals surface area contributed by atoms with Gasteiger partial charge in [0.05, 0.1) is 6.61 Å². The van der Waals surface area contributed by atoms with Crippen molar-refractivity contribution in [1.82, 2.24) is 15.2 Å². The second-order valence-electron chi connectivity index (χ2n) is 6.80. The van der Waals surface area contributed by atoms with Crippen LogP contribution >= 0.6 is 0 Å². The number of rotatable bonds is 7. The normalized spacial score (nSPS) is 10.8. The van der Waals surface area contributed by atoms with Crippen LogP contribution in [-0.2, 0) is 4.79 Å². The highest BCUT2D eigenvalue weighted by Gasteiger charge is 2.07. The topological polar surface area (TPSA) is 79.9 Å². The van der Waals surface area contributed by atoms with Crippen LogP contribution in [0.1, 0.15) is 18.7 Å². The molecule has 0 radical (unpaired) electrons. The Bertz CT molecular complexity index is 1110. The summed E-state index contributed by atoms with van der Waals surface area (Å²) in [6.07, 6.45) is 1.04. The number of hydrogen-bond donors (Lipinski definition) is 2. The molecule has 0 saturated carbocycles. The Morgan fingerprint density at radius 1 is 1.03 bits per heavy atom. The number of aromatic amines is 1. The quantitative estimate of drug-likeness (QED) is 0.450. The lowest BCUT2D eigenvalue weighted by Gasteiger charge is -2.09. The third kappa shape index (κ3) is 4.60. The molecule has 2 N–H and O–H groups in total. The van der Waals surface area contributed by atoms with Gasteiger partial charge in [-0.15, -0.1) is 0 Å². The molecule has 6 nitrogen and oxygen atoms in total. The van der Waals surface area contributed by atoms with Gasteiger partial charge in [-0.2, -0.15) is 5.10 Å². The highest BCUT2D eigenvalue weighted by Crippen LogP contribution is 2.25. The van der Waals surface area contributed by atoms with Gasteiger partial charge in [0, 0.05) is 23.1 Å². The largest absolute Gasteiger partial charge is 0.493 e. The summed E-state index contributed by atoms with van der Waals surface area (Å²) < 4.78 is 5.89. The van der Waals surface area contributed by atoms with Gasteiger partial charge in [0.2, 0.25) is 5.91 Å². The van der Waals surface area contributed by atoms with Crippen molar-refractivity contribution in [2.75, 3.05) is 11.9 Å². The molecule has 1 amide bonds. The summed E-state index contributed by atoms with van der Waals surface area (Å²) in [5, 5.41) is 12.1. The van der Waals surface area contributed by atoms with Crippen LogP contribution in [0.3, 0.4) is 0 Å². The van der Waals surface area contributed by atoms with Crippen LogP contribution in [0, 0.1) is 6.92 Å². The number of carbonyl (C=O) groups excluding carboxylic acids is 1. The average Bonchev–Trinajstić information content (AvgIpc) is 3.18. The molecular formula is C23H22N4O2. The van der Waals surface area contributed by atoms with E-state index in [2.05, 4.69) is 32.6 Å². The fraction of sp³-hybridized carbons (Fsp3) is 0.174. The van der Waals surface area contributed by atoms with Crippen molar-refractivity contribution >= 4 is 22.4 Å².